The van der Waals surface area contributed by atoms with Gasteiger partial charge in [0.05, 0.1) is 6.20 Å². The standard InChI is InChI=1S/C11H12N4O/c1-15-10(16)9(12)7-13-11(15)14-8-5-3-2-4-6-8/h2-7H,12H2,1H3,(H,13,14). The monoisotopic (exact) mass is 216 g/mol. The topological polar surface area (TPSA) is 72.9 Å². The number of hydrogen-bond donors (Lipinski definition) is 2. The molecule has 0 bridgehead atoms. The molecule has 2 aromatic rings. The number of anilines is 3. The van der Waals surface area contributed by atoms with Gasteiger partial charge in [0.15, 0.2) is 0 Å². The zero-order valence-corrected chi connectivity index (χ0v) is 8.84. The summed E-state index contributed by atoms with van der Waals surface area (Å²) in [7, 11) is 1.62. The van der Waals surface area contributed by atoms with Crippen molar-refractivity contribution >= 4 is 17.3 Å². The smallest absolute Gasteiger partial charge is 0.277 e. The number of nitrogen functional groups attached to an aromatic ring is 1. The number of rotatable bonds is 2. The van der Waals surface area contributed by atoms with Crippen LogP contribution in [0.3, 0.4) is 0 Å². The van der Waals surface area contributed by atoms with E-state index in [4.69, 9.17) is 5.73 Å². The van der Waals surface area contributed by atoms with Crippen LogP contribution in [-0.4, -0.2) is 9.55 Å². The third kappa shape index (κ3) is 1.88. The highest BCUT2D eigenvalue weighted by Gasteiger charge is 2.04. The normalized spacial score (nSPS) is 10.1. The fourth-order valence-corrected chi connectivity index (χ4v) is 1.33. The zero-order chi connectivity index (χ0) is 11.5. The summed E-state index contributed by atoms with van der Waals surface area (Å²) in [6.07, 6.45) is 1.35. The predicted molar refractivity (Wildman–Crippen MR) is 63.6 cm³/mol. The summed E-state index contributed by atoms with van der Waals surface area (Å²) >= 11 is 0. The fraction of sp³-hybridized carbons (Fsp3) is 0.0909. The molecule has 0 fully saturated rings. The Morgan fingerprint density at radius 2 is 2.00 bits per heavy atom. The Bertz CT molecular complexity index is 548. The predicted octanol–water partition coefficient (Wildman–Crippen LogP) is 1.11. The average Bonchev–Trinajstić information content (AvgIpc) is 2.31. The molecule has 16 heavy (non-hydrogen) atoms. The van der Waals surface area contributed by atoms with Gasteiger partial charge < -0.3 is 11.1 Å². The van der Waals surface area contributed by atoms with Gasteiger partial charge in [0.2, 0.25) is 5.95 Å². The first kappa shape index (κ1) is 10.2. The van der Waals surface area contributed by atoms with Crippen LogP contribution >= 0.6 is 0 Å². The molecular formula is C11H12N4O. The number of nitrogens with zero attached hydrogens (tertiary/aromatic N) is 2. The van der Waals surface area contributed by atoms with Crippen molar-refractivity contribution in [1.29, 1.82) is 0 Å². The molecule has 0 radical (unpaired) electrons. The molecule has 82 valence electrons. The average molecular weight is 216 g/mol. The first-order chi connectivity index (χ1) is 7.68. The molecule has 2 rings (SSSR count). The minimum atomic E-state index is -0.256. The van der Waals surface area contributed by atoms with Crippen LogP contribution in [0.5, 0.6) is 0 Å². The Hall–Kier alpha value is -2.30. The van der Waals surface area contributed by atoms with Crippen LogP contribution in [0.25, 0.3) is 0 Å². The SMILES string of the molecule is Cn1c(Nc2ccccc2)ncc(N)c1=O. The molecule has 0 aliphatic carbocycles. The summed E-state index contributed by atoms with van der Waals surface area (Å²) in [6, 6.07) is 9.50. The number of nitrogens with two attached hydrogens (primary N) is 1. The second-order valence-electron chi connectivity index (χ2n) is 3.39. The molecule has 3 N–H and O–H groups in total. The van der Waals surface area contributed by atoms with E-state index in [1.807, 2.05) is 30.3 Å². The van der Waals surface area contributed by atoms with Gasteiger partial charge in [0.25, 0.3) is 5.56 Å². The van der Waals surface area contributed by atoms with Crippen molar-refractivity contribution in [1.82, 2.24) is 9.55 Å². The molecule has 5 heteroatoms. The molecule has 1 aromatic heterocycles. The van der Waals surface area contributed by atoms with Gasteiger partial charge in [-0.2, -0.15) is 0 Å². The molecule has 0 saturated carbocycles. The Morgan fingerprint density at radius 1 is 1.31 bits per heavy atom. The third-order valence-electron chi connectivity index (χ3n) is 2.23. The van der Waals surface area contributed by atoms with Gasteiger partial charge in [-0.25, -0.2) is 4.98 Å². The van der Waals surface area contributed by atoms with Crippen molar-refractivity contribution in [3.8, 4) is 0 Å². The van der Waals surface area contributed by atoms with Crippen molar-refractivity contribution in [2.24, 2.45) is 7.05 Å². The lowest BCUT2D eigenvalue weighted by Crippen LogP contribution is -2.23. The van der Waals surface area contributed by atoms with Gasteiger partial charge >= 0.3 is 0 Å². The summed E-state index contributed by atoms with van der Waals surface area (Å²) in [5.74, 6) is 0.463. The van der Waals surface area contributed by atoms with Gasteiger partial charge in [0.1, 0.15) is 5.69 Å². The number of hydrogen-bond acceptors (Lipinski definition) is 4. The van der Waals surface area contributed by atoms with E-state index in [2.05, 4.69) is 10.3 Å². The van der Waals surface area contributed by atoms with E-state index in [1.165, 1.54) is 10.8 Å². The third-order valence-corrected chi connectivity index (χ3v) is 2.23. The van der Waals surface area contributed by atoms with Crippen molar-refractivity contribution in [3.63, 3.8) is 0 Å². The van der Waals surface area contributed by atoms with E-state index < -0.39 is 0 Å². The van der Waals surface area contributed by atoms with Crippen LogP contribution in [0, 0.1) is 0 Å². The maximum absolute atomic E-state index is 11.5. The Balaban J connectivity index is 2.37. The van der Waals surface area contributed by atoms with Gasteiger partial charge in [-0.3, -0.25) is 9.36 Å². The maximum atomic E-state index is 11.5. The van der Waals surface area contributed by atoms with E-state index in [9.17, 15) is 4.79 Å². The minimum absolute atomic E-state index is 0.140. The summed E-state index contributed by atoms with van der Waals surface area (Å²) in [5, 5.41) is 3.04. The second-order valence-corrected chi connectivity index (χ2v) is 3.39. The molecule has 0 aliphatic heterocycles. The van der Waals surface area contributed by atoms with Crippen LogP contribution in [-0.2, 0) is 7.05 Å². The molecule has 0 saturated heterocycles. The van der Waals surface area contributed by atoms with E-state index in [1.54, 1.807) is 7.05 Å². The Labute approximate surface area is 92.6 Å². The van der Waals surface area contributed by atoms with Gasteiger partial charge in [-0.15, -0.1) is 0 Å². The van der Waals surface area contributed by atoms with Crippen molar-refractivity contribution in [2.75, 3.05) is 11.1 Å². The van der Waals surface area contributed by atoms with E-state index in [0.29, 0.717) is 5.95 Å². The van der Waals surface area contributed by atoms with Gasteiger partial charge in [-0.1, -0.05) is 18.2 Å². The molecule has 5 nitrogen and oxygen atoms in total. The van der Waals surface area contributed by atoms with Crippen LogP contribution in [0.15, 0.2) is 41.3 Å². The minimum Gasteiger partial charge on any atom is -0.393 e. The molecule has 0 amide bonds. The van der Waals surface area contributed by atoms with Gasteiger partial charge in [-0.05, 0) is 12.1 Å². The second kappa shape index (κ2) is 4.06. The fourth-order valence-electron chi connectivity index (χ4n) is 1.33. The molecule has 0 unspecified atom stereocenters. The number of benzene rings is 1. The van der Waals surface area contributed by atoms with Crippen molar-refractivity contribution in [2.45, 2.75) is 0 Å². The van der Waals surface area contributed by atoms with E-state index >= 15 is 0 Å². The number of nitrogens with one attached hydrogen (secondary N) is 1. The molecule has 0 spiro atoms. The summed E-state index contributed by atoms with van der Waals surface area (Å²) < 4.78 is 1.38. The van der Waals surface area contributed by atoms with Crippen molar-refractivity contribution < 1.29 is 0 Å². The lowest BCUT2D eigenvalue weighted by atomic mass is 10.3. The van der Waals surface area contributed by atoms with Gasteiger partial charge in [0, 0.05) is 12.7 Å². The van der Waals surface area contributed by atoms with Crippen LogP contribution < -0.4 is 16.6 Å². The summed E-state index contributed by atoms with van der Waals surface area (Å²) in [5.41, 5.74) is 6.21. The molecule has 1 heterocycles. The first-order valence-corrected chi connectivity index (χ1v) is 4.82. The molecule has 0 aliphatic rings. The number of aromatic nitrogens is 2. The molecule has 1 aromatic carbocycles. The first-order valence-electron chi connectivity index (χ1n) is 4.82. The quantitative estimate of drug-likeness (QED) is 0.788. The number of para-hydroxylation sites is 1. The highest BCUT2D eigenvalue weighted by molar-refractivity contribution is 5.53. The summed E-state index contributed by atoms with van der Waals surface area (Å²) in [4.78, 5) is 15.6. The largest absolute Gasteiger partial charge is 0.393 e. The lowest BCUT2D eigenvalue weighted by Gasteiger charge is -2.09. The Kier molecular flexibility index (Phi) is 2.59. The molecule has 0 atom stereocenters. The van der Waals surface area contributed by atoms with Crippen molar-refractivity contribution in [3.05, 3.63) is 46.9 Å². The van der Waals surface area contributed by atoms with Crippen LogP contribution in [0.2, 0.25) is 0 Å². The highest BCUT2D eigenvalue weighted by Crippen LogP contribution is 2.11. The molecular weight excluding hydrogens is 204 g/mol. The highest BCUT2D eigenvalue weighted by atomic mass is 16.1. The summed E-state index contributed by atoms with van der Waals surface area (Å²) in [6.45, 7) is 0. The lowest BCUT2D eigenvalue weighted by molar-refractivity contribution is 0.842. The maximum Gasteiger partial charge on any atom is 0.277 e. The van der Waals surface area contributed by atoms with E-state index in [0.717, 1.165) is 5.69 Å². The van der Waals surface area contributed by atoms with Crippen LogP contribution in [0.4, 0.5) is 17.3 Å². The zero-order valence-electron chi connectivity index (χ0n) is 8.84. The van der Waals surface area contributed by atoms with Crippen LogP contribution in [0.1, 0.15) is 0 Å². The Morgan fingerprint density at radius 3 is 2.69 bits per heavy atom. The van der Waals surface area contributed by atoms with E-state index in [-0.39, 0.29) is 11.2 Å².